The summed E-state index contributed by atoms with van der Waals surface area (Å²) in [4.78, 5) is 29.6. The highest BCUT2D eigenvalue weighted by Crippen LogP contribution is 2.64. The fraction of sp³-hybridized carbons (Fsp3) is 0.667. The lowest BCUT2D eigenvalue weighted by atomic mass is 9.49. The van der Waals surface area contributed by atoms with Crippen molar-refractivity contribution in [2.24, 2.45) is 17.3 Å². The van der Waals surface area contributed by atoms with Crippen molar-refractivity contribution in [2.45, 2.75) is 49.4 Å². The Morgan fingerprint density at radius 3 is 2.39 bits per heavy atom. The second-order valence-corrected chi connectivity index (χ2v) is 11.9. The molecule has 0 N–H and O–H groups in total. The Morgan fingerprint density at radius 2 is 1.74 bits per heavy atom. The lowest BCUT2D eigenvalue weighted by Crippen LogP contribution is -2.56. The predicted molar refractivity (Wildman–Crippen MR) is 118 cm³/mol. The van der Waals surface area contributed by atoms with Gasteiger partial charge in [-0.2, -0.15) is 0 Å². The van der Waals surface area contributed by atoms with Gasteiger partial charge < -0.3 is 9.64 Å². The van der Waals surface area contributed by atoms with E-state index in [1.807, 2.05) is 6.07 Å². The Hall–Kier alpha value is -1.47. The monoisotopic (exact) mass is 492 g/mol. The number of carbonyl (C=O) groups excluding carboxylic acids is 2. The predicted octanol–water partition coefficient (Wildman–Crippen LogP) is 3.75. The van der Waals surface area contributed by atoms with Gasteiger partial charge in [0.15, 0.2) is 6.61 Å². The van der Waals surface area contributed by atoms with Gasteiger partial charge in [-0.25, -0.2) is 4.39 Å². The number of carbonyl (C=O) groups is 2. The van der Waals surface area contributed by atoms with E-state index in [1.165, 1.54) is 12.5 Å². The van der Waals surface area contributed by atoms with E-state index in [1.54, 1.807) is 17.0 Å². The number of piperazine rings is 1. The Morgan fingerprint density at radius 1 is 1.06 bits per heavy atom. The molecule has 0 aromatic heterocycles. The van der Waals surface area contributed by atoms with E-state index in [0.717, 1.165) is 32.1 Å². The van der Waals surface area contributed by atoms with Crippen molar-refractivity contribution < 1.29 is 18.7 Å². The Kier molecular flexibility index (Phi) is 5.62. The molecule has 31 heavy (non-hydrogen) atoms. The SMILES string of the molecule is O=C(COC(=O)C12C[C@H]3C[C@@H](CC(Br)(C3)C1)C2)N1CCN(Cc2ccccc2F)CC1. The van der Waals surface area contributed by atoms with Crippen LogP contribution in [0.5, 0.6) is 0 Å². The minimum atomic E-state index is -0.397. The van der Waals surface area contributed by atoms with E-state index < -0.39 is 5.41 Å². The van der Waals surface area contributed by atoms with Crippen molar-refractivity contribution in [3.05, 3.63) is 35.6 Å². The van der Waals surface area contributed by atoms with Gasteiger partial charge in [-0.05, 0) is 56.4 Å². The topological polar surface area (TPSA) is 49.9 Å². The van der Waals surface area contributed by atoms with E-state index in [4.69, 9.17) is 4.74 Å². The molecule has 1 amide bonds. The van der Waals surface area contributed by atoms with Crippen LogP contribution in [0.4, 0.5) is 4.39 Å². The van der Waals surface area contributed by atoms with Gasteiger partial charge >= 0.3 is 5.97 Å². The summed E-state index contributed by atoms with van der Waals surface area (Å²) in [6, 6.07) is 6.81. The number of rotatable bonds is 5. The standard InChI is InChI=1S/C24H30BrFN2O3/c25-24-12-17-9-18(13-24)11-23(10-17,16-24)22(30)31-15-21(29)28-7-5-27(6-8-28)14-19-3-1-2-4-20(19)26/h1-4,17-18H,5-16H2/t17-,18-,23?,24?/m1/s1. The van der Waals surface area contributed by atoms with E-state index >= 15 is 0 Å². The maximum atomic E-state index is 13.9. The summed E-state index contributed by atoms with van der Waals surface area (Å²) >= 11 is 3.93. The van der Waals surface area contributed by atoms with Gasteiger partial charge in [-0.1, -0.05) is 34.1 Å². The zero-order chi connectivity index (χ0) is 21.6. The molecule has 4 saturated carbocycles. The number of ether oxygens (including phenoxy) is 1. The summed E-state index contributed by atoms with van der Waals surface area (Å²) in [5, 5.41) is 0. The number of amides is 1. The van der Waals surface area contributed by atoms with Crippen molar-refractivity contribution in [3.63, 3.8) is 0 Å². The summed E-state index contributed by atoms with van der Waals surface area (Å²) < 4.78 is 19.6. The van der Waals surface area contributed by atoms with Crippen LogP contribution < -0.4 is 0 Å². The van der Waals surface area contributed by atoms with Crippen LogP contribution in [0, 0.1) is 23.1 Å². The number of hydrogen-bond donors (Lipinski definition) is 0. The molecule has 7 heteroatoms. The van der Waals surface area contributed by atoms with Crippen LogP contribution in [-0.4, -0.2) is 58.8 Å². The van der Waals surface area contributed by atoms with Crippen molar-refractivity contribution in [3.8, 4) is 0 Å². The number of hydrogen-bond acceptors (Lipinski definition) is 4. The van der Waals surface area contributed by atoms with Crippen LogP contribution in [-0.2, 0) is 20.9 Å². The molecule has 5 nitrogen and oxygen atoms in total. The molecule has 6 rings (SSSR count). The summed E-state index contributed by atoms with van der Waals surface area (Å²) in [5.41, 5.74) is 0.281. The highest BCUT2D eigenvalue weighted by molar-refractivity contribution is 9.10. The maximum Gasteiger partial charge on any atom is 0.312 e. The fourth-order valence-corrected chi connectivity index (χ4v) is 8.24. The van der Waals surface area contributed by atoms with E-state index in [2.05, 4.69) is 20.8 Å². The average Bonchev–Trinajstić information content (AvgIpc) is 2.72. The number of halogens is 2. The molecule has 1 heterocycles. The van der Waals surface area contributed by atoms with Crippen LogP contribution in [0.3, 0.4) is 0 Å². The normalized spacial score (nSPS) is 34.7. The number of esters is 1. The summed E-state index contributed by atoms with van der Waals surface area (Å²) in [5.74, 6) is 0.717. The first kappa shape index (κ1) is 21.4. The fourth-order valence-electron chi connectivity index (χ4n) is 6.78. The first-order valence-corrected chi connectivity index (χ1v) is 12.2. The largest absolute Gasteiger partial charge is 0.455 e. The van der Waals surface area contributed by atoms with Crippen LogP contribution in [0.25, 0.3) is 0 Å². The molecule has 0 spiro atoms. The Bertz CT molecular complexity index is 856. The van der Waals surface area contributed by atoms with Crippen LogP contribution in [0.1, 0.15) is 44.1 Å². The van der Waals surface area contributed by atoms with E-state index in [-0.39, 0.29) is 28.6 Å². The highest BCUT2D eigenvalue weighted by Gasteiger charge is 2.60. The first-order valence-electron chi connectivity index (χ1n) is 11.4. The molecule has 1 aromatic carbocycles. The number of alkyl halides is 1. The van der Waals surface area contributed by atoms with Crippen LogP contribution >= 0.6 is 15.9 Å². The number of nitrogens with zero attached hydrogens (tertiary/aromatic N) is 2. The second kappa shape index (κ2) is 8.14. The zero-order valence-electron chi connectivity index (χ0n) is 17.8. The van der Waals surface area contributed by atoms with Crippen molar-refractivity contribution in [2.75, 3.05) is 32.8 Å². The summed E-state index contributed by atoms with van der Waals surface area (Å²) in [6.07, 6.45) is 6.23. The lowest BCUT2D eigenvalue weighted by Gasteiger charge is -2.58. The molecule has 4 aliphatic carbocycles. The summed E-state index contributed by atoms with van der Waals surface area (Å²) in [6.45, 7) is 2.90. The minimum absolute atomic E-state index is 0.0919. The van der Waals surface area contributed by atoms with Gasteiger partial charge in [0, 0.05) is 42.6 Å². The smallest absolute Gasteiger partial charge is 0.312 e. The van der Waals surface area contributed by atoms with Gasteiger partial charge in [0.1, 0.15) is 5.82 Å². The quantitative estimate of drug-likeness (QED) is 0.463. The molecule has 2 atom stereocenters. The summed E-state index contributed by atoms with van der Waals surface area (Å²) in [7, 11) is 0. The molecule has 1 saturated heterocycles. The molecule has 4 bridgehead atoms. The molecular formula is C24H30BrFN2O3. The third kappa shape index (κ3) is 4.28. The first-order chi connectivity index (χ1) is 14.8. The third-order valence-corrected chi connectivity index (χ3v) is 8.75. The minimum Gasteiger partial charge on any atom is -0.455 e. The maximum absolute atomic E-state index is 13.9. The van der Waals surface area contributed by atoms with E-state index in [0.29, 0.717) is 50.1 Å². The zero-order valence-corrected chi connectivity index (χ0v) is 19.4. The Labute approximate surface area is 191 Å². The van der Waals surface area contributed by atoms with Gasteiger partial charge in [0.2, 0.25) is 0 Å². The highest BCUT2D eigenvalue weighted by atomic mass is 79.9. The second-order valence-electron chi connectivity index (χ2n) is 10.2. The third-order valence-electron chi connectivity index (χ3n) is 7.83. The molecule has 0 unspecified atom stereocenters. The average molecular weight is 493 g/mol. The van der Waals surface area contributed by atoms with E-state index in [9.17, 15) is 14.0 Å². The lowest BCUT2D eigenvalue weighted by molar-refractivity contribution is -0.173. The molecule has 5 fully saturated rings. The van der Waals surface area contributed by atoms with Crippen LogP contribution in [0.2, 0.25) is 0 Å². The van der Waals surface area contributed by atoms with Gasteiger partial charge in [0.25, 0.3) is 5.91 Å². The number of benzene rings is 1. The van der Waals surface area contributed by atoms with Crippen molar-refractivity contribution in [1.29, 1.82) is 0 Å². The van der Waals surface area contributed by atoms with Crippen LogP contribution in [0.15, 0.2) is 24.3 Å². The molecule has 168 valence electrons. The molecule has 1 aliphatic heterocycles. The molecule has 1 aromatic rings. The molecular weight excluding hydrogens is 463 g/mol. The van der Waals surface area contributed by atoms with Gasteiger partial charge in [0.05, 0.1) is 5.41 Å². The van der Waals surface area contributed by atoms with Gasteiger partial charge in [-0.3, -0.25) is 14.5 Å². The molecule has 5 aliphatic rings. The van der Waals surface area contributed by atoms with Crippen molar-refractivity contribution >= 4 is 27.8 Å². The molecule has 0 radical (unpaired) electrons. The van der Waals surface area contributed by atoms with Gasteiger partial charge in [-0.15, -0.1) is 0 Å². The Balaban J connectivity index is 1.11. The van der Waals surface area contributed by atoms with Crippen molar-refractivity contribution in [1.82, 2.24) is 9.80 Å².